The maximum Gasteiger partial charge on any atom is 0.0624 e. The van der Waals surface area contributed by atoms with Crippen LogP contribution in [0.5, 0.6) is 0 Å². The first-order valence-electron chi connectivity index (χ1n) is 3.06. The fourth-order valence-electron chi connectivity index (χ4n) is 0.350. The van der Waals surface area contributed by atoms with Crippen LogP contribution in [0.1, 0.15) is 20.3 Å². The van der Waals surface area contributed by atoms with Crippen LogP contribution in [0.4, 0.5) is 0 Å². The van der Waals surface area contributed by atoms with E-state index in [0.717, 1.165) is 6.54 Å². The summed E-state index contributed by atoms with van der Waals surface area (Å²) in [7, 11) is 1.71. The molecule has 1 atom stereocenters. The molecule has 0 aliphatic heterocycles. The first-order chi connectivity index (χ1) is 3.81. The molecule has 0 aromatic rings. The average Bonchev–Trinajstić information content (AvgIpc) is 1.83. The molecule has 0 aromatic carbocycles. The molecule has 0 aromatic heterocycles. The van der Waals surface area contributed by atoms with Gasteiger partial charge in [0.05, 0.1) is 6.54 Å². The Labute approximate surface area is 51.0 Å². The molecular weight excluding hydrogens is 100 g/mol. The van der Waals surface area contributed by atoms with Gasteiger partial charge in [0, 0.05) is 7.05 Å². The van der Waals surface area contributed by atoms with Gasteiger partial charge in [0.2, 0.25) is 0 Å². The second-order valence-corrected chi connectivity index (χ2v) is 2.04. The maximum absolute atomic E-state index is 3.87. The Kier molecular flexibility index (Phi) is 4.51. The molecule has 0 aliphatic rings. The van der Waals surface area contributed by atoms with Gasteiger partial charge >= 0.3 is 0 Å². The Morgan fingerprint density at radius 3 is 2.50 bits per heavy atom. The molecule has 2 heteroatoms. The molecule has 48 valence electrons. The lowest BCUT2D eigenvalue weighted by molar-refractivity contribution is 0.563. The van der Waals surface area contributed by atoms with Crippen molar-refractivity contribution in [2.75, 3.05) is 13.6 Å². The highest BCUT2D eigenvalue weighted by Crippen LogP contribution is 1.99. The third-order valence-corrected chi connectivity index (χ3v) is 1.23. The molecule has 0 saturated heterocycles. The van der Waals surface area contributed by atoms with Gasteiger partial charge in [0.15, 0.2) is 0 Å². The van der Waals surface area contributed by atoms with Gasteiger partial charge in [-0.05, 0) is 5.92 Å². The molecule has 1 unspecified atom stereocenters. The zero-order chi connectivity index (χ0) is 6.41. The van der Waals surface area contributed by atoms with E-state index in [4.69, 9.17) is 0 Å². The second-order valence-electron chi connectivity index (χ2n) is 2.04. The van der Waals surface area contributed by atoms with E-state index in [1.165, 1.54) is 6.42 Å². The van der Waals surface area contributed by atoms with Crippen LogP contribution >= 0.6 is 0 Å². The van der Waals surface area contributed by atoms with Crippen molar-refractivity contribution >= 4 is 0 Å². The van der Waals surface area contributed by atoms with Gasteiger partial charge in [-0.1, -0.05) is 20.3 Å². The zero-order valence-electron chi connectivity index (χ0n) is 5.89. The topological polar surface area (TPSA) is 24.7 Å². The minimum Gasteiger partial charge on any atom is -0.198 e. The van der Waals surface area contributed by atoms with Gasteiger partial charge in [-0.25, -0.2) is 0 Å². The minimum atomic E-state index is 0.693. The highest BCUT2D eigenvalue weighted by molar-refractivity contribution is 4.49. The predicted octanol–water partition coefficient (Wildman–Crippen LogP) is 2.11. The molecule has 0 spiro atoms. The Bertz CT molecular complexity index is 68.9. The molecular formula is C6H14N2. The maximum atomic E-state index is 3.87. The lowest BCUT2D eigenvalue weighted by Gasteiger charge is -1.99. The fraction of sp³-hybridized carbons (Fsp3) is 1.00. The molecule has 0 saturated carbocycles. The lowest BCUT2D eigenvalue weighted by atomic mass is 10.1. The summed E-state index contributed by atoms with van der Waals surface area (Å²) in [6, 6.07) is 0. The largest absolute Gasteiger partial charge is 0.198 e. The monoisotopic (exact) mass is 114 g/mol. The number of hydrogen-bond acceptors (Lipinski definition) is 2. The van der Waals surface area contributed by atoms with Crippen molar-refractivity contribution in [3.63, 3.8) is 0 Å². The van der Waals surface area contributed by atoms with E-state index >= 15 is 0 Å². The molecule has 0 amide bonds. The van der Waals surface area contributed by atoms with E-state index in [-0.39, 0.29) is 0 Å². The molecule has 0 bridgehead atoms. The molecule has 0 aliphatic carbocycles. The third kappa shape index (κ3) is 3.78. The van der Waals surface area contributed by atoms with E-state index in [2.05, 4.69) is 24.1 Å². The zero-order valence-corrected chi connectivity index (χ0v) is 5.89. The molecule has 0 N–H and O–H groups in total. The first kappa shape index (κ1) is 7.60. The first-order valence-corrected chi connectivity index (χ1v) is 3.06. The second kappa shape index (κ2) is 4.75. The number of nitrogens with zero attached hydrogens (tertiary/aromatic N) is 2. The van der Waals surface area contributed by atoms with Crippen molar-refractivity contribution in [2.45, 2.75) is 20.3 Å². The van der Waals surface area contributed by atoms with Crippen LogP contribution in [0.2, 0.25) is 0 Å². The smallest absolute Gasteiger partial charge is 0.0624 e. The summed E-state index contributed by atoms with van der Waals surface area (Å²) in [5.74, 6) is 0.693. The van der Waals surface area contributed by atoms with Gasteiger partial charge < -0.3 is 0 Å². The van der Waals surface area contributed by atoms with Gasteiger partial charge in [0.1, 0.15) is 0 Å². The van der Waals surface area contributed by atoms with Crippen LogP contribution < -0.4 is 0 Å². The van der Waals surface area contributed by atoms with Crippen molar-refractivity contribution in [1.29, 1.82) is 0 Å². The molecule has 0 rings (SSSR count). The highest BCUT2D eigenvalue weighted by atomic mass is 15.1. The Morgan fingerprint density at radius 1 is 1.50 bits per heavy atom. The summed E-state index contributed by atoms with van der Waals surface area (Å²) in [4.78, 5) is 0. The molecule has 8 heavy (non-hydrogen) atoms. The van der Waals surface area contributed by atoms with Crippen LogP contribution in [0.25, 0.3) is 0 Å². The third-order valence-electron chi connectivity index (χ3n) is 1.23. The fourth-order valence-corrected chi connectivity index (χ4v) is 0.350. The summed E-state index contributed by atoms with van der Waals surface area (Å²) in [6.07, 6.45) is 1.19. The molecule has 2 nitrogen and oxygen atoms in total. The quantitative estimate of drug-likeness (QED) is 0.502. The van der Waals surface area contributed by atoms with E-state index in [1.54, 1.807) is 7.05 Å². The van der Waals surface area contributed by atoms with Crippen molar-refractivity contribution in [3.05, 3.63) is 0 Å². The SMILES string of the molecule is CCC(C)C/N=N/C. The van der Waals surface area contributed by atoms with Gasteiger partial charge in [-0.3, -0.25) is 0 Å². The Hall–Kier alpha value is -0.400. The molecule has 0 radical (unpaired) electrons. The Balaban J connectivity index is 3.10. The standard InChI is InChI=1S/C6H14N2/c1-4-6(2)5-8-7-3/h6H,4-5H2,1-3H3/b8-7+. The van der Waals surface area contributed by atoms with Crippen molar-refractivity contribution in [2.24, 2.45) is 16.1 Å². The van der Waals surface area contributed by atoms with Crippen molar-refractivity contribution < 1.29 is 0 Å². The van der Waals surface area contributed by atoms with Crippen molar-refractivity contribution in [3.8, 4) is 0 Å². The summed E-state index contributed by atoms with van der Waals surface area (Å²) in [5, 5.41) is 7.52. The predicted molar refractivity (Wildman–Crippen MR) is 35.1 cm³/mol. The van der Waals surface area contributed by atoms with E-state index in [9.17, 15) is 0 Å². The normalized spacial score (nSPS) is 14.9. The van der Waals surface area contributed by atoms with Gasteiger partial charge in [-0.15, -0.1) is 0 Å². The van der Waals surface area contributed by atoms with E-state index in [0.29, 0.717) is 5.92 Å². The van der Waals surface area contributed by atoms with Crippen LogP contribution in [-0.4, -0.2) is 13.6 Å². The molecule has 0 fully saturated rings. The average molecular weight is 114 g/mol. The summed E-state index contributed by atoms with van der Waals surface area (Å²) in [5.41, 5.74) is 0. The minimum absolute atomic E-state index is 0.693. The van der Waals surface area contributed by atoms with Gasteiger partial charge in [-0.2, -0.15) is 10.2 Å². The van der Waals surface area contributed by atoms with Crippen LogP contribution in [0, 0.1) is 5.92 Å². The van der Waals surface area contributed by atoms with E-state index < -0.39 is 0 Å². The highest BCUT2D eigenvalue weighted by Gasteiger charge is 1.93. The summed E-state index contributed by atoms with van der Waals surface area (Å²) < 4.78 is 0. The summed E-state index contributed by atoms with van der Waals surface area (Å²) >= 11 is 0. The number of rotatable bonds is 3. The van der Waals surface area contributed by atoms with Crippen LogP contribution in [0.15, 0.2) is 10.2 Å². The molecule has 0 heterocycles. The number of azo groups is 1. The van der Waals surface area contributed by atoms with Gasteiger partial charge in [0.25, 0.3) is 0 Å². The number of hydrogen-bond donors (Lipinski definition) is 0. The lowest BCUT2D eigenvalue weighted by Crippen LogP contribution is -1.94. The van der Waals surface area contributed by atoms with Crippen LogP contribution in [-0.2, 0) is 0 Å². The summed E-state index contributed by atoms with van der Waals surface area (Å²) in [6.45, 7) is 5.22. The van der Waals surface area contributed by atoms with E-state index in [1.807, 2.05) is 0 Å². The van der Waals surface area contributed by atoms with Crippen molar-refractivity contribution in [1.82, 2.24) is 0 Å². The Morgan fingerprint density at radius 2 is 2.12 bits per heavy atom. The van der Waals surface area contributed by atoms with Crippen LogP contribution in [0.3, 0.4) is 0 Å².